The van der Waals surface area contributed by atoms with Gasteiger partial charge in [-0.25, -0.2) is 0 Å². The molecule has 0 fully saturated rings. The molecule has 0 aliphatic carbocycles. The van der Waals surface area contributed by atoms with Gasteiger partial charge in [0.05, 0.1) is 11.1 Å². The Morgan fingerprint density at radius 3 is 1.04 bits per heavy atom. The number of hydrogen-bond donors (Lipinski definition) is 0. The van der Waals surface area contributed by atoms with E-state index in [1.807, 2.05) is 0 Å². The summed E-state index contributed by atoms with van der Waals surface area (Å²) >= 11 is 24.5. The summed E-state index contributed by atoms with van der Waals surface area (Å²) in [6, 6.07) is 7.18. The predicted octanol–water partition coefficient (Wildman–Crippen LogP) is 7.69. The number of alkyl halides is 10. The highest BCUT2D eigenvalue weighted by molar-refractivity contribution is 6.61. The fourth-order valence-electron chi connectivity index (χ4n) is 2.14. The van der Waals surface area contributed by atoms with E-state index in [4.69, 9.17) is 46.4 Å². The van der Waals surface area contributed by atoms with E-state index >= 15 is 0 Å². The molecule has 0 amide bonds. The first-order chi connectivity index (χ1) is 11.7. The van der Waals surface area contributed by atoms with Gasteiger partial charge in [-0.1, -0.05) is 70.7 Å². The van der Waals surface area contributed by atoms with Gasteiger partial charge in [0.2, 0.25) is 0 Å². The summed E-state index contributed by atoms with van der Waals surface area (Å²) in [6.07, 6.45) is -9.37. The van der Waals surface area contributed by atoms with Gasteiger partial charge < -0.3 is 0 Å². The quantitative estimate of drug-likeness (QED) is 0.328. The van der Waals surface area contributed by atoms with Crippen LogP contribution in [0.25, 0.3) is 0 Å². The molecule has 0 saturated heterocycles. The normalized spacial score (nSPS) is 13.8. The molecular formula is C16H8Cl4F6. The lowest BCUT2D eigenvalue weighted by atomic mass is 9.98. The maximum absolute atomic E-state index is 12.9. The molecule has 2 aromatic carbocycles. The molecular weight excluding hydrogens is 448 g/mol. The molecule has 0 bridgehead atoms. The van der Waals surface area contributed by atoms with E-state index in [0.717, 1.165) is 36.4 Å². The zero-order valence-electron chi connectivity index (χ0n) is 12.4. The van der Waals surface area contributed by atoms with E-state index in [1.165, 1.54) is 0 Å². The Hall–Kier alpha value is -0.820. The average molecular weight is 456 g/mol. The third-order valence-electron chi connectivity index (χ3n) is 3.50. The van der Waals surface area contributed by atoms with Gasteiger partial charge in [0.15, 0.2) is 8.67 Å². The Kier molecular flexibility index (Phi) is 5.76. The molecule has 0 atom stereocenters. The highest BCUT2D eigenvalue weighted by Gasteiger charge is 2.51. The summed E-state index contributed by atoms with van der Waals surface area (Å²) in [7, 11) is 0. The topological polar surface area (TPSA) is 0 Å². The molecule has 0 unspecified atom stereocenters. The van der Waals surface area contributed by atoms with Crippen LogP contribution in [0.1, 0.15) is 22.3 Å². The van der Waals surface area contributed by atoms with E-state index in [2.05, 4.69) is 0 Å². The molecule has 0 heterocycles. The zero-order chi connectivity index (χ0) is 20.0. The van der Waals surface area contributed by atoms with Crippen molar-refractivity contribution in [1.82, 2.24) is 0 Å². The third kappa shape index (κ3) is 4.19. The standard InChI is InChI=1S/C16H8Cl4F6/c17-13(18,9-3-1-5-11(7-9)15(21,22)23)14(19,20)10-4-2-6-12(8-10)16(24,25)26/h1-8H. The van der Waals surface area contributed by atoms with E-state index in [-0.39, 0.29) is 11.1 Å². The number of hydrogen-bond acceptors (Lipinski definition) is 0. The van der Waals surface area contributed by atoms with E-state index in [0.29, 0.717) is 12.1 Å². The molecule has 0 nitrogen and oxygen atoms in total. The highest BCUT2D eigenvalue weighted by Crippen LogP contribution is 2.57. The monoisotopic (exact) mass is 454 g/mol. The van der Waals surface area contributed by atoms with Gasteiger partial charge in [-0.05, 0) is 35.4 Å². The lowest BCUT2D eigenvalue weighted by Crippen LogP contribution is -2.32. The van der Waals surface area contributed by atoms with Crippen molar-refractivity contribution in [2.24, 2.45) is 0 Å². The van der Waals surface area contributed by atoms with Crippen molar-refractivity contribution in [2.75, 3.05) is 0 Å². The third-order valence-corrected chi connectivity index (χ3v) is 5.89. The van der Waals surface area contributed by atoms with Crippen molar-refractivity contribution < 1.29 is 26.3 Å². The summed E-state index contributed by atoms with van der Waals surface area (Å²) in [5.41, 5.74) is -2.76. The summed E-state index contributed by atoms with van der Waals surface area (Å²) < 4.78 is 72.5. The van der Waals surface area contributed by atoms with E-state index < -0.39 is 32.1 Å². The predicted molar refractivity (Wildman–Crippen MR) is 89.7 cm³/mol. The second-order valence-electron chi connectivity index (χ2n) is 5.31. The SMILES string of the molecule is FC(F)(F)c1cccc(C(Cl)(Cl)C(Cl)(Cl)c2cccc(C(F)(F)F)c2)c1. The van der Waals surface area contributed by atoms with Gasteiger partial charge >= 0.3 is 12.4 Å². The van der Waals surface area contributed by atoms with Gasteiger partial charge in [0, 0.05) is 0 Å². The van der Waals surface area contributed by atoms with Crippen LogP contribution in [0.3, 0.4) is 0 Å². The van der Waals surface area contributed by atoms with Crippen molar-refractivity contribution >= 4 is 46.4 Å². The molecule has 0 aromatic heterocycles. The van der Waals surface area contributed by atoms with Crippen LogP contribution >= 0.6 is 46.4 Å². The van der Waals surface area contributed by atoms with E-state index in [1.54, 1.807) is 0 Å². The first-order valence-electron chi connectivity index (χ1n) is 6.78. The Morgan fingerprint density at radius 1 is 0.500 bits per heavy atom. The van der Waals surface area contributed by atoms with Gasteiger partial charge in [-0.15, -0.1) is 0 Å². The van der Waals surface area contributed by atoms with Crippen molar-refractivity contribution in [3.63, 3.8) is 0 Å². The molecule has 0 saturated carbocycles. The summed E-state index contributed by atoms with van der Waals surface area (Å²) in [4.78, 5) is 0. The second kappa shape index (κ2) is 6.97. The molecule has 26 heavy (non-hydrogen) atoms. The number of halogens is 10. The summed E-state index contributed by atoms with van der Waals surface area (Å²) in [5.74, 6) is 0. The Labute approximate surface area is 164 Å². The van der Waals surface area contributed by atoms with Crippen molar-refractivity contribution in [3.8, 4) is 0 Å². The molecule has 0 radical (unpaired) electrons. The molecule has 0 N–H and O–H groups in total. The molecule has 0 aliphatic heterocycles. The Balaban J connectivity index is 2.54. The molecule has 2 rings (SSSR count). The lowest BCUT2D eigenvalue weighted by Gasteiger charge is -2.34. The largest absolute Gasteiger partial charge is 0.416 e. The highest BCUT2D eigenvalue weighted by atomic mass is 35.5. The fraction of sp³-hybridized carbons (Fsp3) is 0.250. The molecule has 0 aliphatic rings. The van der Waals surface area contributed by atoms with Crippen molar-refractivity contribution in [1.29, 1.82) is 0 Å². The molecule has 2 aromatic rings. The van der Waals surface area contributed by atoms with Crippen LogP contribution in [-0.2, 0) is 21.0 Å². The van der Waals surface area contributed by atoms with Crippen LogP contribution in [0.2, 0.25) is 0 Å². The van der Waals surface area contributed by atoms with Crippen LogP contribution in [0.4, 0.5) is 26.3 Å². The minimum Gasteiger partial charge on any atom is -0.166 e. The summed E-state index contributed by atoms with van der Waals surface area (Å²) in [6.45, 7) is 0. The van der Waals surface area contributed by atoms with Gasteiger partial charge in [-0.2, -0.15) is 26.3 Å². The van der Waals surface area contributed by atoms with Crippen LogP contribution in [-0.4, -0.2) is 0 Å². The average Bonchev–Trinajstić information content (AvgIpc) is 2.53. The lowest BCUT2D eigenvalue weighted by molar-refractivity contribution is -0.138. The Bertz CT molecular complexity index is 728. The van der Waals surface area contributed by atoms with E-state index in [9.17, 15) is 26.3 Å². The van der Waals surface area contributed by atoms with Crippen molar-refractivity contribution in [3.05, 3.63) is 70.8 Å². The zero-order valence-corrected chi connectivity index (χ0v) is 15.4. The van der Waals surface area contributed by atoms with Crippen LogP contribution in [0.5, 0.6) is 0 Å². The Morgan fingerprint density at radius 2 is 0.769 bits per heavy atom. The minimum atomic E-state index is -4.68. The first-order valence-corrected chi connectivity index (χ1v) is 8.29. The van der Waals surface area contributed by atoms with Crippen LogP contribution in [0.15, 0.2) is 48.5 Å². The minimum absolute atomic E-state index is 0.321. The number of benzene rings is 2. The van der Waals surface area contributed by atoms with Crippen molar-refractivity contribution in [2.45, 2.75) is 21.0 Å². The summed E-state index contributed by atoms with van der Waals surface area (Å²) in [5, 5.41) is 0. The second-order valence-corrected chi connectivity index (χ2v) is 7.96. The molecule has 10 heteroatoms. The first kappa shape index (κ1) is 21.5. The maximum atomic E-state index is 12.9. The van der Waals surface area contributed by atoms with Crippen LogP contribution in [0, 0.1) is 0 Å². The smallest absolute Gasteiger partial charge is 0.166 e. The molecule has 142 valence electrons. The molecule has 0 spiro atoms. The van der Waals surface area contributed by atoms with Gasteiger partial charge in [0.25, 0.3) is 0 Å². The van der Waals surface area contributed by atoms with Gasteiger partial charge in [-0.3, -0.25) is 0 Å². The van der Waals surface area contributed by atoms with Crippen LogP contribution < -0.4 is 0 Å². The number of rotatable bonds is 3. The maximum Gasteiger partial charge on any atom is 0.416 e. The fourth-order valence-corrected chi connectivity index (χ4v) is 3.05. The van der Waals surface area contributed by atoms with Gasteiger partial charge in [0.1, 0.15) is 0 Å².